The molecule has 20 heavy (non-hydrogen) atoms. The molecule has 2 aromatic rings. The maximum Gasteiger partial charge on any atom is 0.0985 e. The number of para-hydroxylation sites is 1. The fourth-order valence-electron chi connectivity index (χ4n) is 3.73. The molecule has 0 spiro atoms. The average Bonchev–Trinajstić information content (AvgIpc) is 2.79. The number of benzene rings is 1. The van der Waals surface area contributed by atoms with Crippen LogP contribution in [0.3, 0.4) is 0 Å². The minimum atomic E-state index is -1.30. The zero-order valence-electron chi connectivity index (χ0n) is 13.1. The zero-order valence-corrected chi connectivity index (χ0v) is 14.1. The Morgan fingerprint density at radius 1 is 1.05 bits per heavy atom. The van der Waals surface area contributed by atoms with E-state index in [0.29, 0.717) is 0 Å². The van der Waals surface area contributed by atoms with Gasteiger partial charge < -0.3 is 4.98 Å². The van der Waals surface area contributed by atoms with Crippen molar-refractivity contribution in [2.45, 2.75) is 58.2 Å². The van der Waals surface area contributed by atoms with Gasteiger partial charge in [-0.3, -0.25) is 0 Å². The molecule has 0 amide bonds. The van der Waals surface area contributed by atoms with Crippen molar-refractivity contribution >= 4 is 24.3 Å². The molecule has 0 unspecified atom stereocenters. The summed E-state index contributed by atoms with van der Waals surface area (Å²) in [7, 11) is -1.30. The SMILES string of the molecule is C[Si](C)(C)c1[nH]c2ccccc2c1CC1CCCCC1. The van der Waals surface area contributed by atoms with Crippen LogP contribution >= 0.6 is 0 Å². The fraction of sp³-hybridized carbons (Fsp3) is 0.556. The van der Waals surface area contributed by atoms with Crippen LogP contribution < -0.4 is 5.32 Å². The molecule has 1 fully saturated rings. The Bertz CT molecular complexity index is 585. The lowest BCUT2D eigenvalue weighted by Crippen LogP contribution is -2.41. The molecule has 0 aliphatic heterocycles. The Morgan fingerprint density at radius 2 is 1.75 bits per heavy atom. The van der Waals surface area contributed by atoms with E-state index in [1.165, 1.54) is 49.4 Å². The van der Waals surface area contributed by atoms with Gasteiger partial charge in [-0.05, 0) is 24.0 Å². The predicted molar refractivity (Wildman–Crippen MR) is 91.6 cm³/mol. The van der Waals surface area contributed by atoms with Crippen LogP contribution in [-0.4, -0.2) is 13.1 Å². The van der Waals surface area contributed by atoms with E-state index in [1.54, 1.807) is 10.9 Å². The zero-order chi connectivity index (χ0) is 14.2. The molecule has 0 radical (unpaired) electrons. The first kappa shape index (κ1) is 13.9. The smallest absolute Gasteiger partial charge is 0.0985 e. The van der Waals surface area contributed by atoms with E-state index in [2.05, 4.69) is 48.9 Å². The molecule has 1 aliphatic carbocycles. The van der Waals surface area contributed by atoms with E-state index >= 15 is 0 Å². The second-order valence-electron chi connectivity index (χ2n) is 7.48. The number of H-pyrrole nitrogens is 1. The number of nitrogens with one attached hydrogen (secondary N) is 1. The van der Waals surface area contributed by atoms with Crippen molar-refractivity contribution in [3.8, 4) is 0 Å². The van der Waals surface area contributed by atoms with Crippen molar-refractivity contribution in [2.24, 2.45) is 5.92 Å². The van der Waals surface area contributed by atoms with Gasteiger partial charge in [0.25, 0.3) is 0 Å². The number of aromatic nitrogens is 1. The summed E-state index contributed by atoms with van der Waals surface area (Å²) in [5.41, 5.74) is 2.99. The second kappa shape index (κ2) is 5.40. The third kappa shape index (κ3) is 2.71. The van der Waals surface area contributed by atoms with E-state index in [4.69, 9.17) is 0 Å². The van der Waals surface area contributed by atoms with Crippen LogP contribution in [0, 0.1) is 5.92 Å². The van der Waals surface area contributed by atoms with Crippen molar-refractivity contribution < 1.29 is 0 Å². The summed E-state index contributed by atoms with van der Waals surface area (Å²) < 4.78 is 0. The summed E-state index contributed by atoms with van der Waals surface area (Å²) in [5.74, 6) is 0.915. The lowest BCUT2D eigenvalue weighted by molar-refractivity contribution is 0.358. The van der Waals surface area contributed by atoms with E-state index < -0.39 is 8.07 Å². The summed E-state index contributed by atoms with van der Waals surface area (Å²) >= 11 is 0. The molecular weight excluding hydrogens is 258 g/mol. The number of hydrogen-bond donors (Lipinski definition) is 1. The summed E-state index contributed by atoms with van der Waals surface area (Å²) in [6.07, 6.45) is 8.49. The van der Waals surface area contributed by atoms with Crippen LogP contribution in [0.1, 0.15) is 37.7 Å². The molecule has 1 nitrogen and oxygen atoms in total. The molecule has 0 saturated heterocycles. The van der Waals surface area contributed by atoms with Gasteiger partial charge in [0, 0.05) is 16.2 Å². The van der Waals surface area contributed by atoms with Gasteiger partial charge in [-0.25, -0.2) is 0 Å². The Balaban J connectivity index is 2.01. The monoisotopic (exact) mass is 285 g/mol. The van der Waals surface area contributed by atoms with Crippen molar-refractivity contribution in [2.75, 3.05) is 0 Å². The normalized spacial score (nSPS) is 17.8. The van der Waals surface area contributed by atoms with Gasteiger partial charge in [0.05, 0.1) is 8.07 Å². The molecule has 0 atom stereocenters. The van der Waals surface area contributed by atoms with Gasteiger partial charge in [-0.2, -0.15) is 0 Å². The van der Waals surface area contributed by atoms with Gasteiger partial charge >= 0.3 is 0 Å². The minimum Gasteiger partial charge on any atom is -0.362 e. The molecule has 1 aromatic carbocycles. The summed E-state index contributed by atoms with van der Waals surface area (Å²) in [6.45, 7) is 7.38. The van der Waals surface area contributed by atoms with E-state index in [-0.39, 0.29) is 0 Å². The van der Waals surface area contributed by atoms with Crippen LogP contribution in [0.25, 0.3) is 10.9 Å². The molecule has 1 saturated carbocycles. The Morgan fingerprint density at radius 3 is 2.45 bits per heavy atom. The highest BCUT2D eigenvalue weighted by Crippen LogP contribution is 2.29. The van der Waals surface area contributed by atoms with Crippen LogP contribution in [0.5, 0.6) is 0 Å². The summed E-state index contributed by atoms with van der Waals surface area (Å²) in [4.78, 5) is 3.76. The molecular formula is C18H27NSi. The summed E-state index contributed by atoms with van der Waals surface area (Å²) in [6, 6.07) is 8.89. The lowest BCUT2D eigenvalue weighted by Gasteiger charge is -2.24. The number of fused-ring (bicyclic) bond motifs is 1. The predicted octanol–water partition coefficient (Wildman–Crippen LogP) is 4.84. The van der Waals surface area contributed by atoms with Crippen LogP contribution in [0.15, 0.2) is 24.3 Å². The molecule has 1 aliphatic rings. The second-order valence-corrected chi connectivity index (χ2v) is 12.5. The van der Waals surface area contributed by atoms with Crippen LogP contribution in [0.4, 0.5) is 0 Å². The minimum absolute atomic E-state index is 0.915. The standard InChI is InChI=1S/C18H27NSi/c1-20(2,3)18-16(13-14-9-5-4-6-10-14)15-11-7-8-12-17(15)19-18/h7-8,11-12,14,19H,4-6,9-10,13H2,1-3H3. The molecule has 3 rings (SSSR count). The molecule has 0 bridgehead atoms. The van der Waals surface area contributed by atoms with E-state index in [9.17, 15) is 0 Å². The molecule has 1 heterocycles. The maximum atomic E-state index is 3.76. The highest BCUT2D eigenvalue weighted by atomic mass is 28.3. The Kier molecular flexibility index (Phi) is 3.76. The van der Waals surface area contributed by atoms with Crippen molar-refractivity contribution in [1.82, 2.24) is 4.98 Å². The first-order chi connectivity index (χ1) is 9.55. The van der Waals surface area contributed by atoms with Gasteiger partial charge in [0.15, 0.2) is 0 Å². The van der Waals surface area contributed by atoms with Gasteiger partial charge in [0.2, 0.25) is 0 Å². The first-order valence-corrected chi connectivity index (χ1v) is 11.7. The molecule has 108 valence electrons. The van der Waals surface area contributed by atoms with Crippen molar-refractivity contribution in [3.63, 3.8) is 0 Å². The van der Waals surface area contributed by atoms with Crippen molar-refractivity contribution in [1.29, 1.82) is 0 Å². The number of hydrogen-bond acceptors (Lipinski definition) is 0. The van der Waals surface area contributed by atoms with E-state index in [0.717, 1.165) is 5.92 Å². The fourth-order valence-corrected chi connectivity index (χ4v) is 5.38. The quantitative estimate of drug-likeness (QED) is 0.777. The van der Waals surface area contributed by atoms with Crippen LogP contribution in [-0.2, 0) is 6.42 Å². The third-order valence-electron chi connectivity index (χ3n) is 4.78. The first-order valence-electron chi connectivity index (χ1n) is 8.16. The third-order valence-corrected chi connectivity index (χ3v) is 6.71. The highest BCUT2D eigenvalue weighted by Gasteiger charge is 2.26. The molecule has 2 heteroatoms. The molecule has 1 aromatic heterocycles. The average molecular weight is 286 g/mol. The topological polar surface area (TPSA) is 15.8 Å². The number of rotatable bonds is 3. The van der Waals surface area contributed by atoms with Gasteiger partial charge in [-0.1, -0.05) is 69.9 Å². The van der Waals surface area contributed by atoms with Gasteiger partial charge in [-0.15, -0.1) is 0 Å². The largest absolute Gasteiger partial charge is 0.362 e. The van der Waals surface area contributed by atoms with Crippen molar-refractivity contribution in [3.05, 3.63) is 29.8 Å². The maximum absolute atomic E-state index is 3.76. The Labute approximate surface area is 123 Å². The lowest BCUT2D eigenvalue weighted by atomic mass is 9.85. The van der Waals surface area contributed by atoms with Crippen LogP contribution in [0.2, 0.25) is 19.6 Å². The summed E-state index contributed by atoms with van der Waals surface area (Å²) in [5, 5.41) is 3.07. The Hall–Kier alpha value is -1.02. The van der Waals surface area contributed by atoms with Gasteiger partial charge in [0.1, 0.15) is 0 Å². The molecule has 1 N–H and O–H groups in total. The number of aromatic amines is 1. The van der Waals surface area contributed by atoms with E-state index in [1.807, 2.05) is 0 Å². The highest BCUT2D eigenvalue weighted by molar-refractivity contribution is 6.88.